The molecule has 4 heteroatoms. The topological polar surface area (TPSA) is 43.4 Å². The fraction of sp³-hybridized carbons (Fsp3) is 0.667. The Labute approximate surface area is 116 Å². The zero-order valence-corrected chi connectivity index (χ0v) is 12.7. The van der Waals surface area contributed by atoms with Crippen LogP contribution in [0.1, 0.15) is 45.9 Å². The van der Waals surface area contributed by atoms with Gasteiger partial charge in [0.1, 0.15) is 5.75 Å². The van der Waals surface area contributed by atoms with Gasteiger partial charge in [-0.25, -0.2) is 0 Å². The van der Waals surface area contributed by atoms with Crippen molar-refractivity contribution < 1.29 is 9.47 Å². The number of hydrogen-bond donors (Lipinski definition) is 1. The van der Waals surface area contributed by atoms with Crippen LogP contribution in [0, 0.1) is 0 Å². The van der Waals surface area contributed by atoms with Gasteiger partial charge < -0.3 is 14.8 Å². The number of nitrogens with one attached hydrogen (secondary N) is 1. The quantitative estimate of drug-likeness (QED) is 0.785. The second kappa shape index (κ2) is 7.46. The molecular weight excluding hydrogens is 240 g/mol. The van der Waals surface area contributed by atoms with E-state index in [4.69, 9.17) is 9.47 Å². The molecule has 4 nitrogen and oxygen atoms in total. The fourth-order valence-electron chi connectivity index (χ4n) is 1.66. The van der Waals surface area contributed by atoms with Gasteiger partial charge in [-0.15, -0.1) is 0 Å². The lowest BCUT2D eigenvalue weighted by Gasteiger charge is -2.22. The van der Waals surface area contributed by atoms with Crippen LogP contribution in [0.15, 0.2) is 18.3 Å². The van der Waals surface area contributed by atoms with Crippen LogP contribution < -0.4 is 10.1 Å². The number of ether oxygens (including phenoxy) is 2. The molecule has 0 saturated carbocycles. The third-order valence-corrected chi connectivity index (χ3v) is 3.24. The van der Waals surface area contributed by atoms with Gasteiger partial charge in [-0.2, -0.15) is 0 Å². The third-order valence-electron chi connectivity index (χ3n) is 3.24. The lowest BCUT2D eigenvalue weighted by atomic mass is 10.1. The summed E-state index contributed by atoms with van der Waals surface area (Å²) in [6.45, 7) is 9.86. The molecule has 1 unspecified atom stereocenters. The van der Waals surface area contributed by atoms with E-state index in [1.54, 1.807) is 13.3 Å². The lowest BCUT2D eigenvalue weighted by molar-refractivity contribution is 0.00542. The molecule has 0 aliphatic heterocycles. The molecular formula is C15H26N2O2. The summed E-state index contributed by atoms with van der Waals surface area (Å²) in [7, 11) is 1.72. The molecule has 1 aromatic heterocycles. The lowest BCUT2D eigenvalue weighted by Crippen LogP contribution is -2.25. The van der Waals surface area contributed by atoms with Crippen molar-refractivity contribution >= 4 is 0 Å². The summed E-state index contributed by atoms with van der Waals surface area (Å²) >= 11 is 0. The maximum atomic E-state index is 5.68. The smallest absolute Gasteiger partial charge is 0.137 e. The van der Waals surface area contributed by atoms with Gasteiger partial charge in [0.15, 0.2) is 0 Å². The van der Waals surface area contributed by atoms with Crippen LogP contribution in [0.3, 0.4) is 0 Å². The van der Waals surface area contributed by atoms with E-state index >= 15 is 0 Å². The van der Waals surface area contributed by atoms with E-state index in [1.807, 2.05) is 12.1 Å². The monoisotopic (exact) mass is 266 g/mol. The molecule has 0 fully saturated rings. The minimum Gasteiger partial charge on any atom is -0.492 e. The molecule has 1 N–H and O–H groups in total. The second-order valence-electron chi connectivity index (χ2n) is 5.26. The van der Waals surface area contributed by atoms with Crippen molar-refractivity contribution in [2.45, 2.75) is 45.8 Å². The van der Waals surface area contributed by atoms with Crippen LogP contribution in [0.5, 0.6) is 5.75 Å². The van der Waals surface area contributed by atoms with Crippen LogP contribution in [0.2, 0.25) is 0 Å². The second-order valence-corrected chi connectivity index (χ2v) is 5.26. The van der Waals surface area contributed by atoms with E-state index in [0.29, 0.717) is 6.61 Å². The van der Waals surface area contributed by atoms with Crippen LogP contribution in [0.4, 0.5) is 0 Å². The van der Waals surface area contributed by atoms with Crippen molar-refractivity contribution in [2.75, 3.05) is 20.3 Å². The summed E-state index contributed by atoms with van der Waals surface area (Å²) in [5.41, 5.74) is 0.888. The summed E-state index contributed by atoms with van der Waals surface area (Å²) in [4.78, 5) is 4.41. The molecule has 0 spiro atoms. The van der Waals surface area contributed by atoms with Crippen molar-refractivity contribution in [3.05, 3.63) is 24.0 Å². The molecule has 1 aromatic rings. The number of pyridine rings is 1. The molecule has 1 rings (SSSR count). The molecule has 0 aliphatic rings. The zero-order chi connectivity index (χ0) is 14.3. The van der Waals surface area contributed by atoms with E-state index in [0.717, 1.165) is 24.4 Å². The van der Waals surface area contributed by atoms with Gasteiger partial charge in [-0.3, -0.25) is 4.98 Å². The summed E-state index contributed by atoms with van der Waals surface area (Å²) < 4.78 is 11.0. The Bertz CT molecular complexity index is 363. The molecule has 0 amide bonds. The highest BCUT2D eigenvalue weighted by atomic mass is 16.5. The Hall–Kier alpha value is -1.13. The Kier molecular flexibility index (Phi) is 6.25. The maximum absolute atomic E-state index is 5.68. The van der Waals surface area contributed by atoms with Gasteiger partial charge in [0, 0.05) is 19.6 Å². The number of rotatable bonds is 8. The van der Waals surface area contributed by atoms with Crippen LogP contribution in [-0.2, 0) is 4.74 Å². The first kappa shape index (κ1) is 15.9. The van der Waals surface area contributed by atoms with Crippen LogP contribution in [-0.4, -0.2) is 30.8 Å². The van der Waals surface area contributed by atoms with E-state index in [2.05, 4.69) is 38.0 Å². The van der Waals surface area contributed by atoms with Gasteiger partial charge in [0.25, 0.3) is 0 Å². The average molecular weight is 266 g/mol. The predicted molar refractivity (Wildman–Crippen MR) is 77.5 cm³/mol. The molecule has 0 bridgehead atoms. The Balaban J connectivity index is 2.44. The first-order chi connectivity index (χ1) is 8.98. The zero-order valence-electron chi connectivity index (χ0n) is 12.7. The highest BCUT2D eigenvalue weighted by Crippen LogP contribution is 2.17. The van der Waals surface area contributed by atoms with E-state index in [1.165, 1.54) is 0 Å². The highest BCUT2D eigenvalue weighted by molar-refractivity contribution is 5.21. The summed E-state index contributed by atoms with van der Waals surface area (Å²) in [5, 5.41) is 3.33. The minimum absolute atomic E-state index is 0.146. The molecule has 0 aliphatic carbocycles. The largest absolute Gasteiger partial charge is 0.492 e. The van der Waals surface area contributed by atoms with Crippen molar-refractivity contribution in [3.8, 4) is 5.75 Å². The molecule has 108 valence electrons. The Morgan fingerprint density at radius 1 is 1.37 bits per heavy atom. The number of methoxy groups -OCH3 is 1. The molecule has 1 heterocycles. The average Bonchev–Trinajstić information content (AvgIpc) is 2.39. The summed E-state index contributed by atoms with van der Waals surface area (Å²) in [6, 6.07) is 4.24. The summed E-state index contributed by atoms with van der Waals surface area (Å²) in [6.07, 6.45) is 2.63. The normalized spacial score (nSPS) is 13.3. The van der Waals surface area contributed by atoms with Crippen molar-refractivity contribution in [2.24, 2.45) is 0 Å². The SMILES string of the molecule is CCNC(C)c1ccc(OCCC(C)(C)OC)cn1. The first-order valence-corrected chi connectivity index (χ1v) is 6.86. The van der Waals surface area contributed by atoms with Crippen molar-refractivity contribution in [1.29, 1.82) is 0 Å². The standard InChI is InChI=1S/C15H26N2O2/c1-6-16-12(2)14-8-7-13(11-17-14)19-10-9-15(3,4)18-5/h7-8,11-12,16H,6,9-10H2,1-5H3. The van der Waals surface area contributed by atoms with Crippen LogP contribution in [0.25, 0.3) is 0 Å². The van der Waals surface area contributed by atoms with Crippen LogP contribution >= 0.6 is 0 Å². The molecule has 19 heavy (non-hydrogen) atoms. The minimum atomic E-state index is -0.146. The summed E-state index contributed by atoms with van der Waals surface area (Å²) in [5.74, 6) is 0.805. The number of nitrogens with zero attached hydrogens (tertiary/aromatic N) is 1. The predicted octanol–water partition coefficient (Wildman–Crippen LogP) is 2.95. The third kappa shape index (κ3) is 5.57. The van der Waals surface area contributed by atoms with Crippen molar-refractivity contribution in [3.63, 3.8) is 0 Å². The molecule has 1 atom stereocenters. The van der Waals surface area contributed by atoms with Gasteiger partial charge >= 0.3 is 0 Å². The van der Waals surface area contributed by atoms with E-state index < -0.39 is 0 Å². The molecule has 0 aromatic carbocycles. The van der Waals surface area contributed by atoms with Gasteiger partial charge in [0.2, 0.25) is 0 Å². The van der Waals surface area contributed by atoms with Gasteiger partial charge in [0.05, 0.1) is 24.1 Å². The van der Waals surface area contributed by atoms with Crippen molar-refractivity contribution in [1.82, 2.24) is 10.3 Å². The highest BCUT2D eigenvalue weighted by Gasteiger charge is 2.16. The maximum Gasteiger partial charge on any atom is 0.137 e. The Morgan fingerprint density at radius 2 is 2.11 bits per heavy atom. The first-order valence-electron chi connectivity index (χ1n) is 6.86. The van der Waals surface area contributed by atoms with Gasteiger partial charge in [-0.1, -0.05) is 6.92 Å². The fourth-order valence-corrected chi connectivity index (χ4v) is 1.66. The van der Waals surface area contributed by atoms with E-state index in [9.17, 15) is 0 Å². The Morgan fingerprint density at radius 3 is 2.63 bits per heavy atom. The van der Waals surface area contributed by atoms with E-state index in [-0.39, 0.29) is 11.6 Å². The number of hydrogen-bond acceptors (Lipinski definition) is 4. The molecule has 0 saturated heterocycles. The molecule has 0 radical (unpaired) electrons. The van der Waals surface area contributed by atoms with Gasteiger partial charge in [-0.05, 0) is 39.4 Å². The number of aromatic nitrogens is 1.